The van der Waals surface area contributed by atoms with Crippen molar-refractivity contribution in [2.24, 2.45) is 0 Å². The fourth-order valence-corrected chi connectivity index (χ4v) is 1.95. The molecule has 2 rings (SSSR count). The van der Waals surface area contributed by atoms with Crippen LogP contribution in [0.5, 0.6) is 0 Å². The van der Waals surface area contributed by atoms with Gasteiger partial charge in [-0.15, -0.1) is 0 Å². The van der Waals surface area contributed by atoms with Crippen LogP contribution in [0.25, 0.3) is 0 Å². The summed E-state index contributed by atoms with van der Waals surface area (Å²) >= 11 is 0. The van der Waals surface area contributed by atoms with Crippen LogP contribution in [0.1, 0.15) is 11.1 Å². The maximum absolute atomic E-state index is 8.83. The molecule has 0 aliphatic carbocycles. The molecule has 84 valence electrons. The summed E-state index contributed by atoms with van der Waals surface area (Å²) in [7, 11) is 0. The second kappa shape index (κ2) is 5.11. The van der Waals surface area contributed by atoms with Crippen molar-refractivity contribution in [3.63, 3.8) is 0 Å². The first-order valence-corrected chi connectivity index (χ1v) is 5.57. The van der Waals surface area contributed by atoms with E-state index < -0.39 is 0 Å². The fourth-order valence-electron chi connectivity index (χ4n) is 1.95. The van der Waals surface area contributed by atoms with E-state index in [1.807, 2.05) is 0 Å². The molecule has 0 N–H and O–H groups in total. The lowest BCUT2D eigenvalue weighted by atomic mass is 10.1. The van der Waals surface area contributed by atoms with Gasteiger partial charge in [-0.2, -0.15) is 5.26 Å². The number of aryl methyl sites for hydroxylation is 1. The van der Waals surface area contributed by atoms with Gasteiger partial charge in [0.2, 0.25) is 0 Å². The molecule has 1 saturated heterocycles. The monoisotopic (exact) mass is 216 g/mol. The average molecular weight is 216 g/mol. The molecule has 1 aliphatic heterocycles. The van der Waals surface area contributed by atoms with Crippen molar-refractivity contribution in [3.8, 4) is 6.07 Å². The summed E-state index contributed by atoms with van der Waals surface area (Å²) < 4.78 is 5.32. The maximum atomic E-state index is 8.83. The molecule has 1 aromatic carbocycles. The lowest BCUT2D eigenvalue weighted by molar-refractivity contribution is -0.00275. The number of nitrogens with zero attached hydrogens (tertiary/aromatic N) is 2. The molecule has 0 saturated carbocycles. The molecule has 0 spiro atoms. The largest absolute Gasteiger partial charge is 0.361 e. The first-order chi connectivity index (χ1) is 7.79. The molecule has 1 atom stereocenters. The molecule has 0 bridgehead atoms. The number of hydrogen-bond donors (Lipinski definition) is 0. The van der Waals surface area contributed by atoms with Gasteiger partial charge in [-0.25, -0.2) is 0 Å². The van der Waals surface area contributed by atoms with Gasteiger partial charge >= 0.3 is 0 Å². The minimum Gasteiger partial charge on any atom is -0.361 e. The summed E-state index contributed by atoms with van der Waals surface area (Å²) in [5.74, 6) is 0. The summed E-state index contributed by atoms with van der Waals surface area (Å²) in [6.07, 6.45) is -0.266. The minimum absolute atomic E-state index is 0.266. The molecule has 0 radical (unpaired) electrons. The van der Waals surface area contributed by atoms with Gasteiger partial charge in [0.25, 0.3) is 0 Å². The highest BCUT2D eigenvalue weighted by Gasteiger charge is 2.19. The van der Waals surface area contributed by atoms with Gasteiger partial charge in [-0.05, 0) is 18.1 Å². The highest BCUT2D eigenvalue weighted by molar-refractivity contribution is 5.25. The predicted octanol–water partition coefficient (Wildman–Crippen LogP) is 1.72. The molecule has 0 aromatic heterocycles. The molecule has 1 fully saturated rings. The quantitative estimate of drug-likeness (QED) is 0.755. The van der Waals surface area contributed by atoms with Crippen LogP contribution in [0.4, 0.5) is 0 Å². The fraction of sp³-hybridized carbons (Fsp3) is 0.462. The third-order valence-corrected chi connectivity index (χ3v) is 2.95. The summed E-state index contributed by atoms with van der Waals surface area (Å²) in [4.78, 5) is 2.28. The Kier molecular flexibility index (Phi) is 3.55. The van der Waals surface area contributed by atoms with Crippen LogP contribution in [0.2, 0.25) is 0 Å². The second-order valence-electron chi connectivity index (χ2n) is 4.15. The Morgan fingerprint density at radius 1 is 1.50 bits per heavy atom. The number of benzene rings is 1. The van der Waals surface area contributed by atoms with E-state index >= 15 is 0 Å². The number of rotatable bonds is 2. The number of ether oxygens (including phenoxy) is 1. The van der Waals surface area contributed by atoms with E-state index in [2.05, 4.69) is 42.2 Å². The van der Waals surface area contributed by atoms with Gasteiger partial charge < -0.3 is 4.74 Å². The third kappa shape index (κ3) is 2.60. The second-order valence-corrected chi connectivity index (χ2v) is 4.15. The lowest BCUT2D eigenvalue weighted by Crippen LogP contribution is -2.41. The van der Waals surface area contributed by atoms with Crippen molar-refractivity contribution < 1.29 is 4.74 Å². The van der Waals surface area contributed by atoms with E-state index in [9.17, 15) is 0 Å². The Bertz CT molecular complexity index is 397. The summed E-state index contributed by atoms with van der Waals surface area (Å²) in [6, 6.07) is 10.5. The van der Waals surface area contributed by atoms with Crippen molar-refractivity contribution in [2.45, 2.75) is 19.6 Å². The minimum atomic E-state index is -0.266. The first kappa shape index (κ1) is 11.1. The normalized spacial score (nSPS) is 21.6. The SMILES string of the molecule is Cc1ccccc1CN1CCO[C@H](C#N)C1. The topological polar surface area (TPSA) is 36.3 Å². The van der Waals surface area contributed by atoms with E-state index in [1.165, 1.54) is 11.1 Å². The molecule has 0 unspecified atom stereocenters. The van der Waals surface area contributed by atoms with Crippen LogP contribution < -0.4 is 0 Å². The number of hydrogen-bond acceptors (Lipinski definition) is 3. The van der Waals surface area contributed by atoms with Gasteiger partial charge in [0, 0.05) is 19.6 Å². The molecule has 1 aliphatic rings. The molecular formula is C13H16N2O. The zero-order valence-corrected chi connectivity index (χ0v) is 9.52. The summed E-state index contributed by atoms with van der Waals surface area (Å²) in [6.45, 7) is 5.31. The Morgan fingerprint density at radius 2 is 2.31 bits per heavy atom. The number of morpholine rings is 1. The molecule has 1 heterocycles. The molecule has 3 heteroatoms. The zero-order chi connectivity index (χ0) is 11.4. The standard InChI is InChI=1S/C13H16N2O/c1-11-4-2-3-5-12(11)9-15-6-7-16-13(8-14)10-15/h2-5,13H,6-7,9-10H2,1H3/t13-/m1/s1. The van der Waals surface area contributed by atoms with Crippen LogP contribution >= 0.6 is 0 Å². The van der Waals surface area contributed by atoms with Crippen LogP contribution in [0, 0.1) is 18.3 Å². The van der Waals surface area contributed by atoms with Crippen molar-refractivity contribution in [1.29, 1.82) is 5.26 Å². The first-order valence-electron chi connectivity index (χ1n) is 5.57. The van der Waals surface area contributed by atoms with E-state index in [0.29, 0.717) is 13.2 Å². The highest BCUT2D eigenvalue weighted by atomic mass is 16.5. The number of nitriles is 1. The Hall–Kier alpha value is -1.37. The van der Waals surface area contributed by atoms with Gasteiger partial charge in [-0.3, -0.25) is 4.90 Å². The van der Waals surface area contributed by atoms with Crippen molar-refractivity contribution in [2.75, 3.05) is 19.7 Å². The van der Waals surface area contributed by atoms with E-state index in [4.69, 9.17) is 10.00 Å². The maximum Gasteiger partial charge on any atom is 0.156 e. The molecule has 3 nitrogen and oxygen atoms in total. The van der Waals surface area contributed by atoms with Crippen LogP contribution in [-0.4, -0.2) is 30.7 Å². The molecular weight excluding hydrogens is 200 g/mol. The predicted molar refractivity (Wildman–Crippen MR) is 61.8 cm³/mol. The van der Waals surface area contributed by atoms with Crippen LogP contribution in [0.3, 0.4) is 0 Å². The van der Waals surface area contributed by atoms with Gasteiger partial charge in [-0.1, -0.05) is 24.3 Å². The lowest BCUT2D eigenvalue weighted by Gasteiger charge is -2.30. The third-order valence-electron chi connectivity index (χ3n) is 2.95. The van der Waals surface area contributed by atoms with E-state index in [0.717, 1.165) is 13.1 Å². The van der Waals surface area contributed by atoms with Gasteiger partial charge in [0.05, 0.1) is 12.7 Å². The van der Waals surface area contributed by atoms with Crippen LogP contribution in [0.15, 0.2) is 24.3 Å². The van der Waals surface area contributed by atoms with Crippen LogP contribution in [-0.2, 0) is 11.3 Å². The Balaban J connectivity index is 2.00. The Morgan fingerprint density at radius 3 is 3.06 bits per heavy atom. The average Bonchev–Trinajstić information content (AvgIpc) is 2.32. The zero-order valence-electron chi connectivity index (χ0n) is 9.52. The smallest absolute Gasteiger partial charge is 0.156 e. The van der Waals surface area contributed by atoms with Crippen molar-refractivity contribution >= 4 is 0 Å². The van der Waals surface area contributed by atoms with E-state index in [-0.39, 0.29) is 6.10 Å². The van der Waals surface area contributed by atoms with Crippen molar-refractivity contribution in [3.05, 3.63) is 35.4 Å². The molecule has 0 amide bonds. The summed E-state index contributed by atoms with van der Waals surface area (Å²) in [5.41, 5.74) is 2.64. The summed E-state index contributed by atoms with van der Waals surface area (Å²) in [5, 5.41) is 8.83. The molecule has 16 heavy (non-hydrogen) atoms. The highest BCUT2D eigenvalue weighted by Crippen LogP contribution is 2.13. The molecule has 1 aromatic rings. The van der Waals surface area contributed by atoms with E-state index in [1.54, 1.807) is 0 Å². The van der Waals surface area contributed by atoms with Gasteiger partial charge in [0.15, 0.2) is 6.10 Å². The van der Waals surface area contributed by atoms with Crippen molar-refractivity contribution in [1.82, 2.24) is 4.90 Å². The Labute approximate surface area is 96.2 Å². The van der Waals surface area contributed by atoms with Gasteiger partial charge in [0.1, 0.15) is 0 Å².